The van der Waals surface area contributed by atoms with Crippen LogP contribution < -0.4 is 0 Å². The summed E-state index contributed by atoms with van der Waals surface area (Å²) in [6.07, 6.45) is 2.58. The van der Waals surface area contributed by atoms with E-state index in [0.717, 1.165) is 24.7 Å². The highest BCUT2D eigenvalue weighted by Crippen LogP contribution is 2.29. The van der Waals surface area contributed by atoms with Crippen LogP contribution in [0.15, 0.2) is 17.0 Å². The Morgan fingerprint density at radius 2 is 1.95 bits per heavy atom. The number of hydrogen-bond donors (Lipinski definition) is 1. The lowest BCUT2D eigenvalue weighted by molar-refractivity contribution is -0.106. The van der Waals surface area contributed by atoms with Gasteiger partial charge in [-0.25, -0.2) is 8.42 Å². The second-order valence-corrected chi connectivity index (χ2v) is 7.34. The van der Waals surface area contributed by atoms with Crippen molar-refractivity contribution in [2.45, 2.75) is 58.1 Å². The van der Waals surface area contributed by atoms with Gasteiger partial charge in [-0.15, -0.1) is 0 Å². The van der Waals surface area contributed by atoms with Crippen molar-refractivity contribution >= 4 is 16.3 Å². The van der Waals surface area contributed by atoms with Gasteiger partial charge in [-0.2, -0.15) is 4.31 Å². The van der Waals surface area contributed by atoms with Gasteiger partial charge >= 0.3 is 0 Å². The number of aryl methyl sites for hydroxylation is 1. The Morgan fingerprint density at radius 3 is 2.41 bits per heavy atom. The maximum Gasteiger partial charge on any atom is 0.243 e. The third kappa shape index (κ3) is 3.74. The van der Waals surface area contributed by atoms with E-state index in [1.807, 2.05) is 13.8 Å². The lowest BCUT2D eigenvalue weighted by Crippen LogP contribution is -2.34. The van der Waals surface area contributed by atoms with Gasteiger partial charge in [0.1, 0.15) is 6.29 Å². The average molecular weight is 327 g/mol. The Bertz CT molecular complexity index is 625. The molecule has 22 heavy (non-hydrogen) atoms. The fourth-order valence-corrected chi connectivity index (χ4v) is 4.74. The van der Waals surface area contributed by atoms with Gasteiger partial charge in [0.2, 0.25) is 10.0 Å². The van der Waals surface area contributed by atoms with Crippen molar-refractivity contribution in [2.24, 2.45) is 0 Å². The van der Waals surface area contributed by atoms with Crippen molar-refractivity contribution in [3.05, 3.63) is 28.8 Å². The Labute approximate surface area is 133 Å². The van der Waals surface area contributed by atoms with E-state index in [1.54, 1.807) is 23.4 Å². The highest BCUT2D eigenvalue weighted by atomic mass is 32.2. The third-order valence-electron chi connectivity index (χ3n) is 4.02. The molecule has 1 saturated heterocycles. The minimum atomic E-state index is -3.45. The number of carbonyl (C=O) groups is 1. The molecule has 5 nitrogen and oxygen atoms in total. The molecule has 2 rings (SSSR count). The lowest BCUT2D eigenvalue weighted by atomic mass is 10.0. The molecule has 0 saturated carbocycles. The summed E-state index contributed by atoms with van der Waals surface area (Å²) in [6, 6.07) is 3.49. The van der Waals surface area contributed by atoms with Crippen LogP contribution in [0.4, 0.5) is 0 Å². The molecular weight excluding hydrogens is 302 g/mol. The minimum Gasteiger partial charge on any atom is -0.392 e. The van der Waals surface area contributed by atoms with E-state index in [2.05, 4.69) is 0 Å². The third-order valence-corrected chi connectivity index (χ3v) is 6.18. The standard InChI is InChI=1S/C14H21NO3S.C2H4O/c1-10-6-7-14(12(3)13(10)9-16)19(17,18)15-8-4-5-11(15)2;1-2-3/h6-7,11,16H,4-5,8-9H2,1-3H3;2H,1H3/t11-;/m0./s1. The molecule has 1 aliphatic heterocycles. The number of aliphatic hydroxyl groups excluding tert-OH is 1. The first-order chi connectivity index (χ1) is 10.3. The van der Waals surface area contributed by atoms with Gasteiger partial charge in [0, 0.05) is 12.6 Å². The Hall–Kier alpha value is -1.24. The molecule has 0 bridgehead atoms. The van der Waals surface area contributed by atoms with Gasteiger partial charge < -0.3 is 9.90 Å². The summed E-state index contributed by atoms with van der Waals surface area (Å²) in [4.78, 5) is 9.14. The smallest absolute Gasteiger partial charge is 0.243 e. The van der Waals surface area contributed by atoms with Crippen molar-refractivity contribution in [1.29, 1.82) is 0 Å². The minimum absolute atomic E-state index is 0.0586. The van der Waals surface area contributed by atoms with Crippen LogP contribution in [0.3, 0.4) is 0 Å². The normalized spacial score (nSPS) is 18.7. The second-order valence-electron chi connectivity index (χ2n) is 5.48. The zero-order chi connectivity index (χ0) is 16.9. The molecule has 124 valence electrons. The summed E-state index contributed by atoms with van der Waals surface area (Å²) in [5.74, 6) is 0. The number of nitrogens with zero attached hydrogens (tertiary/aromatic N) is 1. The van der Waals surface area contributed by atoms with Crippen LogP contribution in [-0.2, 0) is 21.4 Å². The number of aliphatic hydroxyl groups is 1. The highest BCUT2D eigenvalue weighted by molar-refractivity contribution is 7.89. The van der Waals surface area contributed by atoms with E-state index in [4.69, 9.17) is 4.79 Å². The first-order valence-corrected chi connectivity index (χ1v) is 8.86. The Morgan fingerprint density at radius 1 is 1.36 bits per heavy atom. The quantitative estimate of drug-likeness (QED) is 0.864. The number of hydrogen-bond acceptors (Lipinski definition) is 4. The molecule has 0 spiro atoms. The van der Waals surface area contributed by atoms with Crippen molar-refractivity contribution < 1.29 is 18.3 Å². The Balaban J connectivity index is 0.000000745. The molecule has 1 aromatic carbocycles. The van der Waals surface area contributed by atoms with Crippen LogP contribution in [0.25, 0.3) is 0 Å². The van der Waals surface area contributed by atoms with Gasteiger partial charge in [0.05, 0.1) is 11.5 Å². The monoisotopic (exact) mass is 327 g/mol. The molecule has 0 amide bonds. The van der Waals surface area contributed by atoms with Crippen molar-refractivity contribution in [3.8, 4) is 0 Å². The maximum atomic E-state index is 12.7. The van der Waals surface area contributed by atoms with E-state index in [1.165, 1.54) is 6.92 Å². The maximum absolute atomic E-state index is 12.7. The van der Waals surface area contributed by atoms with Crippen LogP contribution in [0, 0.1) is 13.8 Å². The molecule has 1 aliphatic rings. The number of aldehydes is 1. The van der Waals surface area contributed by atoms with E-state index in [0.29, 0.717) is 22.6 Å². The van der Waals surface area contributed by atoms with Gasteiger partial charge in [-0.05, 0) is 63.3 Å². The van der Waals surface area contributed by atoms with E-state index in [9.17, 15) is 13.5 Å². The molecule has 6 heteroatoms. The van der Waals surface area contributed by atoms with Crippen LogP contribution in [0.2, 0.25) is 0 Å². The van der Waals surface area contributed by atoms with E-state index < -0.39 is 10.0 Å². The summed E-state index contributed by atoms with van der Waals surface area (Å²) < 4.78 is 27.0. The van der Waals surface area contributed by atoms with Crippen molar-refractivity contribution in [2.75, 3.05) is 6.54 Å². The summed E-state index contributed by atoms with van der Waals surface area (Å²) in [7, 11) is -3.45. The van der Waals surface area contributed by atoms with Gasteiger partial charge in [-0.1, -0.05) is 6.07 Å². The topological polar surface area (TPSA) is 74.7 Å². The van der Waals surface area contributed by atoms with Crippen LogP contribution >= 0.6 is 0 Å². The summed E-state index contributed by atoms with van der Waals surface area (Å²) in [5, 5.41) is 9.40. The molecule has 0 unspecified atom stereocenters. The number of carbonyl (C=O) groups excluding carboxylic acids is 1. The largest absolute Gasteiger partial charge is 0.392 e. The molecular formula is C16H25NO4S. The summed E-state index contributed by atoms with van der Waals surface area (Å²) in [6.45, 7) is 7.50. The van der Waals surface area contributed by atoms with Crippen LogP contribution in [-0.4, -0.2) is 36.7 Å². The lowest BCUT2D eigenvalue weighted by Gasteiger charge is -2.23. The first kappa shape index (κ1) is 18.8. The van der Waals surface area contributed by atoms with Crippen molar-refractivity contribution in [3.63, 3.8) is 0 Å². The zero-order valence-electron chi connectivity index (χ0n) is 13.7. The molecule has 0 aromatic heterocycles. The first-order valence-electron chi connectivity index (χ1n) is 7.42. The molecule has 0 aliphatic carbocycles. The predicted octanol–water partition coefficient (Wildman–Crippen LogP) is 2.17. The van der Waals surface area contributed by atoms with Crippen molar-refractivity contribution in [1.82, 2.24) is 4.31 Å². The highest BCUT2D eigenvalue weighted by Gasteiger charge is 2.33. The van der Waals surface area contributed by atoms with Crippen LogP contribution in [0.1, 0.15) is 43.4 Å². The molecule has 0 radical (unpaired) electrons. The average Bonchev–Trinajstić information content (AvgIpc) is 2.87. The predicted molar refractivity (Wildman–Crippen MR) is 86.2 cm³/mol. The number of benzene rings is 1. The van der Waals surface area contributed by atoms with E-state index >= 15 is 0 Å². The van der Waals surface area contributed by atoms with E-state index in [-0.39, 0.29) is 12.6 Å². The molecule has 1 fully saturated rings. The zero-order valence-corrected chi connectivity index (χ0v) is 14.5. The fourth-order valence-electron chi connectivity index (χ4n) is 2.78. The molecule has 1 N–H and O–H groups in total. The number of rotatable bonds is 3. The van der Waals surface area contributed by atoms with Gasteiger partial charge in [-0.3, -0.25) is 0 Å². The van der Waals surface area contributed by atoms with Gasteiger partial charge in [0.15, 0.2) is 0 Å². The number of sulfonamides is 1. The Kier molecular flexibility index (Phi) is 6.71. The van der Waals surface area contributed by atoms with Gasteiger partial charge in [0.25, 0.3) is 0 Å². The van der Waals surface area contributed by atoms with Crippen LogP contribution in [0.5, 0.6) is 0 Å². The summed E-state index contributed by atoms with van der Waals surface area (Å²) in [5.41, 5.74) is 2.31. The molecule has 1 heterocycles. The molecule has 1 aromatic rings. The summed E-state index contributed by atoms with van der Waals surface area (Å²) >= 11 is 0. The molecule has 1 atom stereocenters. The SMILES string of the molecule is CC=O.Cc1ccc(S(=O)(=O)N2CCC[C@@H]2C)c(C)c1CO. The fraction of sp³-hybridized carbons (Fsp3) is 0.562. The second kappa shape index (κ2) is 7.85.